The predicted molar refractivity (Wildman–Crippen MR) is 77.8 cm³/mol. The van der Waals surface area contributed by atoms with Crippen LogP contribution in [0.15, 0.2) is 22.8 Å². The zero-order chi connectivity index (χ0) is 13.7. The molecule has 0 bridgehead atoms. The van der Waals surface area contributed by atoms with E-state index in [9.17, 15) is 4.79 Å². The smallest absolute Gasteiger partial charge is 0.221 e. The number of hydrogen-bond donors (Lipinski definition) is 2. The van der Waals surface area contributed by atoms with E-state index in [1.165, 1.54) is 6.42 Å². The topological polar surface area (TPSA) is 68.3 Å². The number of nitrogens with two attached hydrogens (primary N) is 1. The molecule has 0 aliphatic heterocycles. The quantitative estimate of drug-likeness (QED) is 0.812. The van der Waals surface area contributed by atoms with Crippen LogP contribution in [0.5, 0.6) is 0 Å². The second-order valence-corrected chi connectivity index (χ2v) is 5.57. The van der Waals surface area contributed by atoms with Gasteiger partial charge in [-0.1, -0.05) is 31.5 Å². The lowest BCUT2D eigenvalue weighted by atomic mass is 9.81. The SMILES string of the molecule is NC(=S)C1(NC(=O)CCc2ccco2)CCCCC1. The Morgan fingerprint density at radius 3 is 2.74 bits per heavy atom. The summed E-state index contributed by atoms with van der Waals surface area (Å²) in [5, 5.41) is 3.05. The molecule has 0 radical (unpaired) electrons. The number of hydrogen-bond acceptors (Lipinski definition) is 3. The van der Waals surface area contributed by atoms with Gasteiger partial charge >= 0.3 is 0 Å². The van der Waals surface area contributed by atoms with Crippen molar-refractivity contribution >= 4 is 23.1 Å². The summed E-state index contributed by atoms with van der Waals surface area (Å²) in [7, 11) is 0. The summed E-state index contributed by atoms with van der Waals surface area (Å²) < 4.78 is 5.22. The molecule has 1 heterocycles. The molecule has 1 fully saturated rings. The van der Waals surface area contributed by atoms with Crippen LogP contribution < -0.4 is 11.1 Å². The van der Waals surface area contributed by atoms with Crippen molar-refractivity contribution in [3.8, 4) is 0 Å². The third-order valence-electron chi connectivity index (χ3n) is 3.74. The van der Waals surface area contributed by atoms with Crippen LogP contribution in [0.1, 0.15) is 44.3 Å². The number of furan rings is 1. The van der Waals surface area contributed by atoms with E-state index in [0.29, 0.717) is 17.8 Å². The van der Waals surface area contributed by atoms with Crippen LogP contribution in [0, 0.1) is 0 Å². The molecule has 0 aromatic carbocycles. The predicted octanol–water partition coefficient (Wildman–Crippen LogP) is 2.32. The van der Waals surface area contributed by atoms with Gasteiger partial charge < -0.3 is 15.5 Å². The zero-order valence-electron chi connectivity index (χ0n) is 11.0. The number of amides is 1. The molecule has 104 valence electrons. The van der Waals surface area contributed by atoms with Gasteiger partial charge in [0.1, 0.15) is 5.76 Å². The molecule has 0 spiro atoms. The summed E-state index contributed by atoms with van der Waals surface area (Å²) in [5.74, 6) is 0.814. The van der Waals surface area contributed by atoms with Gasteiger partial charge in [0.05, 0.1) is 16.8 Å². The van der Waals surface area contributed by atoms with E-state index < -0.39 is 5.54 Å². The maximum Gasteiger partial charge on any atom is 0.221 e. The van der Waals surface area contributed by atoms with E-state index >= 15 is 0 Å². The molecule has 3 N–H and O–H groups in total. The average Bonchev–Trinajstić information content (AvgIpc) is 2.90. The van der Waals surface area contributed by atoms with Gasteiger partial charge in [-0.2, -0.15) is 0 Å². The molecule has 1 aliphatic carbocycles. The van der Waals surface area contributed by atoms with Crippen LogP contribution in [-0.2, 0) is 11.2 Å². The van der Waals surface area contributed by atoms with Crippen LogP contribution in [0.2, 0.25) is 0 Å². The van der Waals surface area contributed by atoms with Crippen LogP contribution in [0.3, 0.4) is 0 Å². The van der Waals surface area contributed by atoms with Crippen molar-refractivity contribution in [1.29, 1.82) is 0 Å². The zero-order valence-corrected chi connectivity index (χ0v) is 11.8. The van der Waals surface area contributed by atoms with Gasteiger partial charge in [-0.05, 0) is 25.0 Å². The monoisotopic (exact) mass is 280 g/mol. The second kappa shape index (κ2) is 6.19. The van der Waals surface area contributed by atoms with E-state index in [1.54, 1.807) is 6.26 Å². The number of nitrogens with one attached hydrogen (secondary N) is 1. The lowest BCUT2D eigenvalue weighted by Crippen LogP contribution is -2.57. The highest BCUT2D eigenvalue weighted by Crippen LogP contribution is 2.28. The Kier molecular flexibility index (Phi) is 4.58. The fraction of sp³-hybridized carbons (Fsp3) is 0.571. The first-order chi connectivity index (χ1) is 9.12. The Balaban J connectivity index is 1.90. The molecule has 1 aliphatic rings. The molecule has 1 aromatic rings. The summed E-state index contributed by atoms with van der Waals surface area (Å²) >= 11 is 5.15. The van der Waals surface area contributed by atoms with Crippen molar-refractivity contribution in [2.75, 3.05) is 0 Å². The largest absolute Gasteiger partial charge is 0.469 e. The summed E-state index contributed by atoms with van der Waals surface area (Å²) in [4.78, 5) is 12.5. The maximum atomic E-state index is 12.0. The fourth-order valence-corrected chi connectivity index (χ4v) is 2.86. The fourth-order valence-electron chi connectivity index (χ4n) is 2.61. The van der Waals surface area contributed by atoms with E-state index in [1.807, 2.05) is 12.1 Å². The molecule has 5 heteroatoms. The van der Waals surface area contributed by atoms with E-state index in [2.05, 4.69) is 5.32 Å². The number of thiocarbonyl (C=S) groups is 1. The summed E-state index contributed by atoms with van der Waals surface area (Å²) in [6.07, 6.45) is 7.65. The normalized spacial score (nSPS) is 17.9. The Bertz CT molecular complexity index is 436. The molecule has 1 amide bonds. The number of rotatable bonds is 5. The van der Waals surface area contributed by atoms with Gasteiger partial charge in [0.25, 0.3) is 0 Å². The minimum atomic E-state index is -0.464. The lowest BCUT2D eigenvalue weighted by Gasteiger charge is -2.37. The van der Waals surface area contributed by atoms with E-state index in [-0.39, 0.29) is 5.91 Å². The summed E-state index contributed by atoms with van der Waals surface area (Å²) in [6.45, 7) is 0. The molecular weight excluding hydrogens is 260 g/mol. The first-order valence-electron chi connectivity index (χ1n) is 6.76. The van der Waals surface area contributed by atoms with Crippen molar-refractivity contribution in [3.05, 3.63) is 24.2 Å². The Hall–Kier alpha value is -1.36. The van der Waals surface area contributed by atoms with E-state index in [0.717, 1.165) is 31.4 Å². The lowest BCUT2D eigenvalue weighted by molar-refractivity contribution is -0.122. The third-order valence-corrected chi connectivity index (χ3v) is 4.13. The first-order valence-corrected chi connectivity index (χ1v) is 7.16. The van der Waals surface area contributed by atoms with Crippen molar-refractivity contribution in [3.63, 3.8) is 0 Å². The van der Waals surface area contributed by atoms with Gasteiger partial charge in [0.15, 0.2) is 0 Å². The molecule has 0 unspecified atom stereocenters. The van der Waals surface area contributed by atoms with Gasteiger partial charge in [0, 0.05) is 12.8 Å². The van der Waals surface area contributed by atoms with Gasteiger partial charge in [-0.3, -0.25) is 4.79 Å². The van der Waals surface area contributed by atoms with Crippen LogP contribution >= 0.6 is 12.2 Å². The first kappa shape index (κ1) is 14.1. The van der Waals surface area contributed by atoms with Crippen LogP contribution in [-0.4, -0.2) is 16.4 Å². The standard InChI is InChI=1S/C14H20N2O2S/c15-13(19)14(8-2-1-3-9-14)16-12(17)7-6-11-5-4-10-18-11/h4-5,10H,1-3,6-9H2,(H2,15,19)(H,16,17). The molecule has 19 heavy (non-hydrogen) atoms. The molecule has 0 atom stereocenters. The van der Waals surface area contributed by atoms with Crippen LogP contribution in [0.25, 0.3) is 0 Å². The van der Waals surface area contributed by atoms with Gasteiger partial charge in [-0.15, -0.1) is 0 Å². The summed E-state index contributed by atoms with van der Waals surface area (Å²) in [5.41, 5.74) is 5.37. The molecule has 1 saturated carbocycles. The molecule has 1 aromatic heterocycles. The minimum Gasteiger partial charge on any atom is -0.469 e. The number of carbonyl (C=O) groups is 1. The molecule has 4 nitrogen and oxygen atoms in total. The molecule has 2 rings (SSSR count). The van der Waals surface area contributed by atoms with E-state index in [4.69, 9.17) is 22.4 Å². The molecular formula is C14H20N2O2S. The second-order valence-electron chi connectivity index (χ2n) is 5.13. The Labute approximate surface area is 118 Å². The Morgan fingerprint density at radius 2 is 2.16 bits per heavy atom. The van der Waals surface area contributed by atoms with Crippen molar-refractivity contribution in [2.45, 2.75) is 50.5 Å². The third kappa shape index (κ3) is 3.56. The summed E-state index contributed by atoms with van der Waals surface area (Å²) in [6, 6.07) is 3.70. The highest BCUT2D eigenvalue weighted by molar-refractivity contribution is 7.80. The number of carbonyl (C=O) groups excluding carboxylic acids is 1. The minimum absolute atomic E-state index is 0.00824. The van der Waals surface area contributed by atoms with Crippen molar-refractivity contribution in [2.24, 2.45) is 5.73 Å². The average molecular weight is 280 g/mol. The highest BCUT2D eigenvalue weighted by Gasteiger charge is 2.36. The maximum absolute atomic E-state index is 12.0. The van der Waals surface area contributed by atoms with Crippen molar-refractivity contribution < 1.29 is 9.21 Å². The Morgan fingerprint density at radius 1 is 1.42 bits per heavy atom. The van der Waals surface area contributed by atoms with Gasteiger partial charge in [0.2, 0.25) is 5.91 Å². The number of aryl methyl sites for hydroxylation is 1. The highest BCUT2D eigenvalue weighted by atomic mass is 32.1. The van der Waals surface area contributed by atoms with Crippen molar-refractivity contribution in [1.82, 2.24) is 5.32 Å². The van der Waals surface area contributed by atoms with Gasteiger partial charge in [-0.25, -0.2) is 0 Å². The molecule has 0 saturated heterocycles. The van der Waals surface area contributed by atoms with Crippen LogP contribution in [0.4, 0.5) is 0 Å².